The lowest BCUT2D eigenvalue weighted by atomic mass is 9.79. The molecule has 0 amide bonds. The Hall–Kier alpha value is -1.42. The van der Waals surface area contributed by atoms with Crippen molar-refractivity contribution in [2.45, 2.75) is 44.6 Å². The second-order valence-corrected chi connectivity index (χ2v) is 5.17. The molecule has 20 heavy (non-hydrogen) atoms. The van der Waals surface area contributed by atoms with E-state index in [1.54, 1.807) is 6.07 Å². The predicted molar refractivity (Wildman–Crippen MR) is 74.7 cm³/mol. The van der Waals surface area contributed by atoms with Gasteiger partial charge in [0.15, 0.2) is 17.3 Å². The third kappa shape index (κ3) is 2.85. The van der Waals surface area contributed by atoms with E-state index in [1.165, 1.54) is 19.2 Å². The Morgan fingerprint density at radius 3 is 2.55 bits per heavy atom. The van der Waals surface area contributed by atoms with E-state index in [0.29, 0.717) is 25.0 Å². The van der Waals surface area contributed by atoms with Crippen LogP contribution in [0.3, 0.4) is 0 Å². The topological polar surface area (TPSA) is 35.5 Å². The average Bonchev–Trinajstić information content (AvgIpc) is 2.47. The number of ketones is 1. The fourth-order valence-corrected chi connectivity index (χ4v) is 2.91. The highest BCUT2D eigenvalue weighted by Crippen LogP contribution is 2.35. The molecule has 0 aromatic heterocycles. The lowest BCUT2D eigenvalue weighted by molar-refractivity contribution is -0.0411. The van der Waals surface area contributed by atoms with Crippen LogP contribution in [-0.4, -0.2) is 25.1 Å². The Morgan fingerprint density at radius 2 is 2.00 bits per heavy atom. The third-order valence-corrected chi connectivity index (χ3v) is 3.91. The number of ether oxygens (including phenoxy) is 2. The number of methoxy groups -OCH3 is 1. The van der Waals surface area contributed by atoms with E-state index in [1.807, 2.05) is 6.92 Å². The second-order valence-electron chi connectivity index (χ2n) is 5.17. The molecular formula is C16H21FO3. The van der Waals surface area contributed by atoms with Crippen molar-refractivity contribution in [3.63, 3.8) is 0 Å². The van der Waals surface area contributed by atoms with Gasteiger partial charge >= 0.3 is 0 Å². The number of benzene rings is 1. The quantitative estimate of drug-likeness (QED) is 0.770. The van der Waals surface area contributed by atoms with Gasteiger partial charge < -0.3 is 9.47 Å². The summed E-state index contributed by atoms with van der Waals surface area (Å²) in [5.74, 6) is -0.475. The summed E-state index contributed by atoms with van der Waals surface area (Å²) in [6, 6.07) is 4.35. The molecule has 1 aromatic carbocycles. The third-order valence-electron chi connectivity index (χ3n) is 3.91. The van der Waals surface area contributed by atoms with Gasteiger partial charge in [-0.05, 0) is 38.0 Å². The van der Waals surface area contributed by atoms with E-state index in [0.717, 1.165) is 19.3 Å². The van der Waals surface area contributed by atoms with Crippen molar-refractivity contribution in [1.82, 2.24) is 0 Å². The van der Waals surface area contributed by atoms with Crippen LogP contribution in [0.15, 0.2) is 18.2 Å². The number of carbonyl (C=O) groups is 1. The molecule has 1 fully saturated rings. The van der Waals surface area contributed by atoms with Gasteiger partial charge in [-0.1, -0.05) is 19.3 Å². The van der Waals surface area contributed by atoms with Crippen LogP contribution in [0, 0.1) is 5.82 Å². The Bertz CT molecular complexity index is 473. The highest BCUT2D eigenvalue weighted by molar-refractivity contribution is 6.02. The summed E-state index contributed by atoms with van der Waals surface area (Å²) in [5, 5.41) is 0. The summed E-state index contributed by atoms with van der Waals surface area (Å²) in [6.45, 7) is 2.38. The minimum absolute atomic E-state index is 0.111. The van der Waals surface area contributed by atoms with Gasteiger partial charge in [0.1, 0.15) is 5.60 Å². The van der Waals surface area contributed by atoms with Crippen LogP contribution in [0.2, 0.25) is 0 Å². The number of hydrogen-bond donors (Lipinski definition) is 0. The fourth-order valence-electron chi connectivity index (χ4n) is 2.91. The molecular weight excluding hydrogens is 259 g/mol. The minimum Gasteiger partial charge on any atom is -0.494 e. The van der Waals surface area contributed by atoms with Gasteiger partial charge in [0.05, 0.1) is 7.11 Å². The number of carbonyl (C=O) groups excluding carboxylic acids is 1. The zero-order valence-corrected chi connectivity index (χ0v) is 12.1. The van der Waals surface area contributed by atoms with Crippen molar-refractivity contribution in [2.75, 3.05) is 13.7 Å². The van der Waals surface area contributed by atoms with Gasteiger partial charge in [-0.3, -0.25) is 4.79 Å². The summed E-state index contributed by atoms with van der Waals surface area (Å²) in [7, 11) is 1.41. The van der Waals surface area contributed by atoms with Crippen molar-refractivity contribution in [3.8, 4) is 5.75 Å². The van der Waals surface area contributed by atoms with Crippen LogP contribution < -0.4 is 4.74 Å². The smallest absolute Gasteiger partial charge is 0.194 e. The van der Waals surface area contributed by atoms with Crippen molar-refractivity contribution in [1.29, 1.82) is 0 Å². The van der Waals surface area contributed by atoms with Gasteiger partial charge in [0.2, 0.25) is 0 Å². The lowest BCUT2D eigenvalue weighted by Gasteiger charge is -2.35. The Labute approximate surface area is 119 Å². The molecule has 0 N–H and O–H groups in total. The molecule has 1 saturated carbocycles. The summed E-state index contributed by atoms with van der Waals surface area (Å²) in [5.41, 5.74) is -0.410. The highest BCUT2D eigenvalue weighted by atomic mass is 19.1. The summed E-state index contributed by atoms with van der Waals surface area (Å²) in [6.07, 6.45) is 4.51. The average molecular weight is 280 g/mol. The van der Waals surface area contributed by atoms with Crippen LogP contribution in [0.1, 0.15) is 49.4 Å². The first-order chi connectivity index (χ1) is 9.63. The maximum absolute atomic E-state index is 13.8. The molecule has 0 heterocycles. The zero-order valence-electron chi connectivity index (χ0n) is 12.1. The van der Waals surface area contributed by atoms with Crippen LogP contribution in [0.5, 0.6) is 5.75 Å². The highest BCUT2D eigenvalue weighted by Gasteiger charge is 2.40. The molecule has 0 radical (unpaired) electrons. The van der Waals surface area contributed by atoms with E-state index in [-0.39, 0.29) is 11.5 Å². The molecule has 4 heteroatoms. The molecule has 0 saturated heterocycles. The van der Waals surface area contributed by atoms with E-state index < -0.39 is 11.4 Å². The number of Topliss-reactive ketones (excluding diaryl/α,β-unsaturated/α-hetero) is 1. The zero-order chi connectivity index (χ0) is 14.6. The lowest BCUT2D eigenvalue weighted by Crippen LogP contribution is -2.43. The van der Waals surface area contributed by atoms with Crippen LogP contribution in [-0.2, 0) is 4.74 Å². The van der Waals surface area contributed by atoms with E-state index >= 15 is 0 Å². The van der Waals surface area contributed by atoms with Crippen molar-refractivity contribution in [2.24, 2.45) is 0 Å². The SMILES string of the molecule is CCOC1(C(=O)c2ccc(OC)c(F)c2)CCCCC1. The molecule has 0 spiro atoms. The van der Waals surface area contributed by atoms with Gasteiger partial charge in [0.25, 0.3) is 0 Å². The van der Waals surface area contributed by atoms with Gasteiger partial charge in [-0.15, -0.1) is 0 Å². The molecule has 1 aromatic rings. The van der Waals surface area contributed by atoms with Crippen LogP contribution in [0.25, 0.3) is 0 Å². The largest absolute Gasteiger partial charge is 0.494 e. The first-order valence-corrected chi connectivity index (χ1v) is 7.15. The Kier molecular flexibility index (Phi) is 4.76. The molecule has 1 aliphatic carbocycles. The Balaban J connectivity index is 2.29. The molecule has 0 bridgehead atoms. The van der Waals surface area contributed by atoms with E-state index in [2.05, 4.69) is 0 Å². The standard InChI is InChI=1S/C16H21FO3/c1-3-20-16(9-5-4-6-10-16)15(18)12-7-8-14(19-2)13(17)11-12/h7-8,11H,3-6,9-10H2,1-2H3. The summed E-state index contributed by atoms with van der Waals surface area (Å²) < 4.78 is 24.4. The predicted octanol–water partition coefficient (Wildman–Crippen LogP) is 3.76. The molecule has 1 aliphatic rings. The van der Waals surface area contributed by atoms with Gasteiger partial charge in [0, 0.05) is 12.2 Å². The first kappa shape index (κ1) is 15.0. The molecule has 3 nitrogen and oxygen atoms in total. The van der Waals surface area contributed by atoms with Crippen molar-refractivity contribution >= 4 is 5.78 Å². The maximum atomic E-state index is 13.8. The Morgan fingerprint density at radius 1 is 1.30 bits per heavy atom. The van der Waals surface area contributed by atoms with Crippen molar-refractivity contribution < 1.29 is 18.7 Å². The minimum atomic E-state index is -0.770. The molecule has 0 aliphatic heterocycles. The first-order valence-electron chi connectivity index (χ1n) is 7.15. The fraction of sp³-hybridized carbons (Fsp3) is 0.562. The van der Waals surface area contributed by atoms with Crippen LogP contribution >= 0.6 is 0 Å². The monoisotopic (exact) mass is 280 g/mol. The van der Waals surface area contributed by atoms with E-state index in [9.17, 15) is 9.18 Å². The number of hydrogen-bond acceptors (Lipinski definition) is 3. The van der Waals surface area contributed by atoms with Gasteiger partial charge in [-0.25, -0.2) is 4.39 Å². The molecule has 0 unspecified atom stereocenters. The number of rotatable bonds is 5. The summed E-state index contributed by atoms with van der Waals surface area (Å²) in [4.78, 5) is 12.7. The molecule has 2 rings (SSSR count). The summed E-state index contributed by atoms with van der Waals surface area (Å²) >= 11 is 0. The molecule has 0 atom stereocenters. The van der Waals surface area contributed by atoms with E-state index in [4.69, 9.17) is 9.47 Å². The second kappa shape index (κ2) is 6.35. The normalized spacial score (nSPS) is 17.8. The number of halogens is 1. The van der Waals surface area contributed by atoms with Crippen molar-refractivity contribution in [3.05, 3.63) is 29.6 Å². The van der Waals surface area contributed by atoms with Gasteiger partial charge in [-0.2, -0.15) is 0 Å². The molecule has 110 valence electrons. The maximum Gasteiger partial charge on any atom is 0.194 e. The van der Waals surface area contributed by atoms with Crippen LogP contribution in [0.4, 0.5) is 4.39 Å².